The molecule has 0 bridgehead atoms. The Bertz CT molecular complexity index is 1120. The summed E-state index contributed by atoms with van der Waals surface area (Å²) in [4.78, 5) is 12.8. The first-order valence-corrected chi connectivity index (χ1v) is 10.4. The number of ketones is 1. The van der Waals surface area contributed by atoms with Crippen molar-refractivity contribution in [2.45, 2.75) is 13.5 Å². The van der Waals surface area contributed by atoms with Gasteiger partial charge >= 0.3 is 0 Å². The first-order valence-electron chi connectivity index (χ1n) is 8.82. The van der Waals surface area contributed by atoms with Crippen LogP contribution in [0.2, 0.25) is 10.0 Å². The number of benzene rings is 3. The zero-order valence-corrected chi connectivity index (χ0v) is 18.4. The third kappa shape index (κ3) is 4.20. The summed E-state index contributed by atoms with van der Waals surface area (Å²) in [6, 6.07) is 16.5. The van der Waals surface area contributed by atoms with Gasteiger partial charge in [0.15, 0.2) is 5.76 Å². The molecule has 1 aliphatic rings. The predicted molar refractivity (Wildman–Crippen MR) is 119 cm³/mol. The van der Waals surface area contributed by atoms with Gasteiger partial charge in [0.05, 0.1) is 5.56 Å². The molecule has 4 rings (SSSR count). The maximum absolute atomic E-state index is 12.8. The van der Waals surface area contributed by atoms with Crippen LogP contribution in [-0.2, 0) is 6.61 Å². The van der Waals surface area contributed by atoms with Crippen LogP contribution < -0.4 is 9.47 Å². The summed E-state index contributed by atoms with van der Waals surface area (Å²) < 4.78 is 12.7. The zero-order chi connectivity index (χ0) is 20.5. The maximum Gasteiger partial charge on any atom is 0.232 e. The van der Waals surface area contributed by atoms with Crippen LogP contribution in [0.15, 0.2) is 64.8 Å². The molecule has 0 spiro atoms. The van der Waals surface area contributed by atoms with Crippen molar-refractivity contribution < 1.29 is 14.3 Å². The van der Waals surface area contributed by atoms with Crippen molar-refractivity contribution in [1.29, 1.82) is 0 Å². The standard InChI is InChI=1S/C23H15BrCl2O3/c1-13-9-16(28-12-17-18(25)3-2-4-19(17)26)11-20-22(13)23(27)21(29-20)10-14-5-7-15(24)8-6-14/h2-11H,12H2,1H3/b21-10-. The quantitative estimate of drug-likeness (QED) is 0.362. The van der Waals surface area contributed by atoms with E-state index in [1.807, 2.05) is 37.3 Å². The van der Waals surface area contributed by atoms with E-state index >= 15 is 0 Å². The predicted octanol–water partition coefficient (Wildman–Crippen LogP) is 7.26. The molecule has 6 heteroatoms. The van der Waals surface area contributed by atoms with Crippen LogP contribution in [0.25, 0.3) is 6.08 Å². The van der Waals surface area contributed by atoms with Gasteiger partial charge in [0.1, 0.15) is 18.1 Å². The number of aryl methyl sites for hydroxylation is 1. The first kappa shape index (κ1) is 20.0. The molecule has 0 unspecified atom stereocenters. The molecule has 0 aromatic heterocycles. The van der Waals surface area contributed by atoms with Crippen molar-refractivity contribution in [3.63, 3.8) is 0 Å². The highest BCUT2D eigenvalue weighted by Crippen LogP contribution is 2.38. The summed E-state index contributed by atoms with van der Waals surface area (Å²) in [7, 11) is 0. The van der Waals surface area contributed by atoms with Gasteiger partial charge in [-0.05, 0) is 54.5 Å². The molecule has 0 radical (unpaired) electrons. The lowest BCUT2D eigenvalue weighted by molar-refractivity contribution is 0.101. The molecule has 0 atom stereocenters. The lowest BCUT2D eigenvalue weighted by atomic mass is 10.0. The van der Waals surface area contributed by atoms with Gasteiger partial charge in [0.2, 0.25) is 5.78 Å². The molecule has 0 aliphatic carbocycles. The fraction of sp³-hybridized carbons (Fsp3) is 0.0870. The molecule has 0 N–H and O–H groups in total. The minimum atomic E-state index is -0.138. The van der Waals surface area contributed by atoms with Crippen LogP contribution in [0.5, 0.6) is 11.5 Å². The zero-order valence-electron chi connectivity index (χ0n) is 15.3. The molecule has 146 valence electrons. The molecule has 1 aliphatic heterocycles. The minimum absolute atomic E-state index is 0.138. The van der Waals surface area contributed by atoms with Crippen molar-refractivity contribution in [3.05, 3.63) is 97.1 Å². The Balaban J connectivity index is 1.58. The average Bonchev–Trinajstić information content (AvgIpc) is 2.99. The first-order chi connectivity index (χ1) is 13.9. The Kier molecular flexibility index (Phi) is 5.68. The fourth-order valence-electron chi connectivity index (χ4n) is 3.10. The van der Waals surface area contributed by atoms with E-state index in [2.05, 4.69) is 15.9 Å². The molecule has 0 saturated carbocycles. The SMILES string of the molecule is Cc1cc(OCc2c(Cl)cccc2Cl)cc2c1C(=O)/C(=C/c1ccc(Br)cc1)O2. The number of halogens is 3. The summed E-state index contributed by atoms with van der Waals surface area (Å²) in [5.74, 6) is 1.21. The number of rotatable bonds is 4. The Morgan fingerprint density at radius 1 is 1.07 bits per heavy atom. The van der Waals surface area contributed by atoms with Gasteiger partial charge < -0.3 is 9.47 Å². The Morgan fingerprint density at radius 3 is 2.45 bits per heavy atom. The van der Waals surface area contributed by atoms with E-state index in [0.29, 0.717) is 32.7 Å². The van der Waals surface area contributed by atoms with Crippen molar-refractivity contribution in [3.8, 4) is 11.5 Å². The molecule has 29 heavy (non-hydrogen) atoms. The number of allylic oxidation sites excluding steroid dienone is 1. The molecular formula is C23H15BrCl2O3. The van der Waals surface area contributed by atoms with E-state index in [9.17, 15) is 4.79 Å². The lowest BCUT2D eigenvalue weighted by Gasteiger charge is -2.11. The number of hydrogen-bond acceptors (Lipinski definition) is 3. The molecule has 0 fully saturated rings. The second-order valence-electron chi connectivity index (χ2n) is 6.59. The average molecular weight is 490 g/mol. The number of Topliss-reactive ketones (excluding diaryl/α,β-unsaturated/α-hetero) is 1. The van der Waals surface area contributed by atoms with Gasteiger partial charge in [-0.1, -0.05) is 57.3 Å². The van der Waals surface area contributed by atoms with Crippen LogP contribution >= 0.6 is 39.1 Å². The highest BCUT2D eigenvalue weighted by molar-refractivity contribution is 9.10. The highest BCUT2D eigenvalue weighted by Gasteiger charge is 2.30. The number of carbonyl (C=O) groups excluding carboxylic acids is 1. The van der Waals surface area contributed by atoms with Gasteiger partial charge in [-0.3, -0.25) is 4.79 Å². The molecule has 3 aromatic carbocycles. The molecule has 0 saturated heterocycles. The van der Waals surface area contributed by atoms with Gasteiger partial charge in [0.25, 0.3) is 0 Å². The Hall–Kier alpha value is -2.27. The van der Waals surface area contributed by atoms with E-state index in [-0.39, 0.29) is 18.1 Å². The second kappa shape index (κ2) is 8.23. The minimum Gasteiger partial charge on any atom is -0.489 e. The van der Waals surface area contributed by atoms with Crippen LogP contribution in [0.3, 0.4) is 0 Å². The van der Waals surface area contributed by atoms with Crippen LogP contribution in [-0.4, -0.2) is 5.78 Å². The fourth-order valence-corrected chi connectivity index (χ4v) is 3.87. The third-order valence-corrected chi connectivity index (χ3v) is 5.79. The maximum atomic E-state index is 12.8. The summed E-state index contributed by atoms with van der Waals surface area (Å²) in [5, 5.41) is 1.09. The van der Waals surface area contributed by atoms with Gasteiger partial charge in [-0.2, -0.15) is 0 Å². The highest BCUT2D eigenvalue weighted by atomic mass is 79.9. The van der Waals surface area contributed by atoms with Gasteiger partial charge in [0, 0.05) is 26.1 Å². The van der Waals surface area contributed by atoms with Crippen molar-refractivity contribution in [2.75, 3.05) is 0 Å². The molecule has 1 heterocycles. The molecule has 0 amide bonds. The second-order valence-corrected chi connectivity index (χ2v) is 8.32. The Morgan fingerprint density at radius 2 is 1.76 bits per heavy atom. The van der Waals surface area contributed by atoms with E-state index in [4.69, 9.17) is 32.7 Å². The van der Waals surface area contributed by atoms with Crippen LogP contribution in [0, 0.1) is 6.92 Å². The largest absolute Gasteiger partial charge is 0.489 e. The topological polar surface area (TPSA) is 35.5 Å². The Labute approximate surface area is 187 Å². The monoisotopic (exact) mass is 488 g/mol. The van der Waals surface area contributed by atoms with Crippen molar-refractivity contribution in [2.24, 2.45) is 0 Å². The summed E-state index contributed by atoms with van der Waals surface area (Å²) in [6.07, 6.45) is 1.73. The van der Waals surface area contributed by atoms with Gasteiger partial charge in [-0.15, -0.1) is 0 Å². The van der Waals surface area contributed by atoms with Crippen molar-refractivity contribution >= 4 is 51.0 Å². The number of ether oxygens (including phenoxy) is 2. The molecule has 3 aromatic rings. The third-order valence-electron chi connectivity index (χ3n) is 4.56. The van der Waals surface area contributed by atoms with E-state index in [0.717, 1.165) is 15.6 Å². The van der Waals surface area contributed by atoms with Crippen molar-refractivity contribution in [1.82, 2.24) is 0 Å². The summed E-state index contributed by atoms with van der Waals surface area (Å²) in [5.41, 5.74) is 2.93. The number of fused-ring (bicyclic) bond motifs is 1. The van der Waals surface area contributed by atoms with Crippen LogP contribution in [0.1, 0.15) is 27.0 Å². The molecule has 3 nitrogen and oxygen atoms in total. The summed E-state index contributed by atoms with van der Waals surface area (Å²) >= 11 is 15.8. The smallest absolute Gasteiger partial charge is 0.232 e. The van der Waals surface area contributed by atoms with Crippen LogP contribution in [0.4, 0.5) is 0 Å². The number of carbonyl (C=O) groups is 1. The lowest BCUT2D eigenvalue weighted by Crippen LogP contribution is -2.00. The number of hydrogen-bond donors (Lipinski definition) is 0. The molecular weight excluding hydrogens is 475 g/mol. The van der Waals surface area contributed by atoms with E-state index in [1.165, 1.54) is 0 Å². The van der Waals surface area contributed by atoms with E-state index < -0.39 is 0 Å². The normalized spacial score (nSPS) is 14.1. The van der Waals surface area contributed by atoms with E-state index in [1.54, 1.807) is 30.3 Å². The van der Waals surface area contributed by atoms with Gasteiger partial charge in [-0.25, -0.2) is 0 Å². The summed E-state index contributed by atoms with van der Waals surface area (Å²) in [6.45, 7) is 2.07.